The number of aromatic nitrogens is 1. The lowest BCUT2D eigenvalue weighted by atomic mass is 10.2. The average molecular weight is 427 g/mol. The van der Waals surface area contributed by atoms with Crippen LogP contribution in [0, 0.1) is 10.1 Å². The van der Waals surface area contributed by atoms with Gasteiger partial charge in [-0.2, -0.15) is 4.39 Å². The quantitative estimate of drug-likeness (QED) is 0.422. The van der Waals surface area contributed by atoms with Gasteiger partial charge in [0.25, 0.3) is 5.01 Å². The molecular weight excluding hydrogens is 415 g/mol. The summed E-state index contributed by atoms with van der Waals surface area (Å²) in [7, 11) is 0. The highest BCUT2D eigenvalue weighted by atomic mass is 35.5. The van der Waals surface area contributed by atoms with Crippen molar-refractivity contribution in [3.05, 3.63) is 63.3 Å². The molecule has 1 aliphatic rings. The summed E-state index contributed by atoms with van der Waals surface area (Å²) < 4.78 is 12.3. The third kappa shape index (κ3) is 4.90. The van der Waals surface area contributed by atoms with Crippen LogP contribution in [-0.4, -0.2) is 26.0 Å². The summed E-state index contributed by atoms with van der Waals surface area (Å²) in [5, 5.41) is 13.9. The Labute approximate surface area is 166 Å². The number of alkyl halides is 1. The van der Waals surface area contributed by atoms with Crippen LogP contribution >= 0.6 is 34.7 Å². The maximum atomic E-state index is 13.4. The molecule has 1 unspecified atom stereocenters. The van der Waals surface area contributed by atoms with E-state index in [1.165, 1.54) is 12.3 Å². The van der Waals surface area contributed by atoms with Crippen molar-refractivity contribution >= 4 is 52.4 Å². The first-order valence-corrected chi connectivity index (χ1v) is 9.62. The predicted molar refractivity (Wildman–Crippen MR) is 103 cm³/mol. The number of thiazole rings is 1. The summed E-state index contributed by atoms with van der Waals surface area (Å²) in [6, 6.07) is 9.21. The van der Waals surface area contributed by atoms with Crippen LogP contribution in [0.3, 0.4) is 0 Å². The number of thioether (sulfide) groups is 1. The highest BCUT2D eigenvalue weighted by molar-refractivity contribution is 8.04. The second-order valence-corrected chi connectivity index (χ2v) is 8.94. The first-order valence-electron chi connectivity index (χ1n) is 7.61. The summed E-state index contributed by atoms with van der Waals surface area (Å²) in [5.74, 6) is -1.69. The van der Waals surface area contributed by atoms with Crippen molar-refractivity contribution < 1.29 is 14.1 Å². The number of nitrogens with zero attached hydrogens (tertiary/aromatic N) is 3. The molecule has 1 aromatic carbocycles. The minimum absolute atomic E-state index is 0.0608. The molecule has 0 bridgehead atoms. The highest BCUT2D eigenvalue weighted by Crippen LogP contribution is 2.47. The van der Waals surface area contributed by atoms with Gasteiger partial charge >= 0.3 is 11.7 Å². The van der Waals surface area contributed by atoms with E-state index >= 15 is 0 Å². The predicted octanol–water partition coefficient (Wildman–Crippen LogP) is 4.29. The van der Waals surface area contributed by atoms with Crippen molar-refractivity contribution in [2.75, 3.05) is 0 Å². The first-order chi connectivity index (χ1) is 12.9. The molecule has 0 aliphatic carbocycles. The largest absolute Gasteiger partial charge is 0.389 e. The van der Waals surface area contributed by atoms with Crippen LogP contribution in [0.5, 0.6) is 0 Å². The minimum Gasteiger partial charge on any atom is -0.358 e. The molecule has 0 saturated heterocycles. The molecule has 0 radical (unpaired) electrons. The van der Waals surface area contributed by atoms with Gasteiger partial charge in [0, 0.05) is 12.7 Å². The molecule has 0 spiro atoms. The fourth-order valence-corrected chi connectivity index (χ4v) is 5.10. The number of carbonyl (C=O) groups excluding carboxylic acids is 1. The third-order valence-corrected chi connectivity index (χ3v) is 6.25. The van der Waals surface area contributed by atoms with Gasteiger partial charge in [0.15, 0.2) is 10.2 Å². The van der Waals surface area contributed by atoms with E-state index in [2.05, 4.69) is 15.3 Å². The van der Waals surface area contributed by atoms with E-state index in [1.54, 1.807) is 0 Å². The van der Waals surface area contributed by atoms with Gasteiger partial charge in [-0.05, 0) is 21.5 Å². The Morgan fingerprint density at radius 1 is 1.44 bits per heavy atom. The maximum Gasteiger partial charge on any atom is 0.389 e. The molecule has 140 valence electrons. The summed E-state index contributed by atoms with van der Waals surface area (Å²) in [5.41, 5.74) is 0.883. The molecule has 7 nitrogen and oxygen atoms in total. The lowest BCUT2D eigenvalue weighted by molar-refractivity contribution is -0.391. The second-order valence-electron chi connectivity index (χ2n) is 5.44. The SMILES string of the molecule is O=C(NCc1ccccc1)c1nc([N+](=O)[O-])c(SC2(Cl)C=CN=C(F)C2)s1. The van der Waals surface area contributed by atoms with Gasteiger partial charge < -0.3 is 15.4 Å². The zero-order valence-electron chi connectivity index (χ0n) is 13.6. The van der Waals surface area contributed by atoms with Crippen molar-refractivity contribution in [2.24, 2.45) is 4.99 Å². The molecule has 11 heteroatoms. The number of hydrogen-bond donors (Lipinski definition) is 1. The van der Waals surface area contributed by atoms with Gasteiger partial charge in [-0.15, -0.1) is 11.6 Å². The topological polar surface area (TPSA) is 97.5 Å². The molecule has 2 heterocycles. The molecule has 0 saturated carbocycles. The van der Waals surface area contributed by atoms with Crippen LogP contribution in [-0.2, 0) is 6.54 Å². The van der Waals surface area contributed by atoms with Crippen LogP contribution in [0.1, 0.15) is 21.8 Å². The number of nitro groups is 1. The zero-order valence-corrected chi connectivity index (χ0v) is 16.0. The maximum absolute atomic E-state index is 13.4. The molecule has 1 aromatic heterocycles. The molecule has 1 atom stereocenters. The van der Waals surface area contributed by atoms with Crippen LogP contribution < -0.4 is 5.32 Å². The van der Waals surface area contributed by atoms with Crippen LogP contribution in [0.2, 0.25) is 0 Å². The van der Waals surface area contributed by atoms with Crippen molar-refractivity contribution in [3.8, 4) is 0 Å². The molecular formula is C16H12ClFN4O3S2. The Kier molecular flexibility index (Phi) is 5.88. The van der Waals surface area contributed by atoms with Crippen molar-refractivity contribution in [2.45, 2.75) is 21.4 Å². The Morgan fingerprint density at radius 3 is 2.85 bits per heavy atom. The number of rotatable bonds is 6. The van der Waals surface area contributed by atoms with E-state index in [1.807, 2.05) is 30.3 Å². The van der Waals surface area contributed by atoms with E-state index in [0.29, 0.717) is 0 Å². The normalized spacial score (nSPS) is 18.8. The lowest BCUT2D eigenvalue weighted by Gasteiger charge is -2.21. The Bertz CT molecular complexity index is 935. The Morgan fingerprint density at radius 2 is 2.19 bits per heavy atom. The number of benzene rings is 1. The smallest absolute Gasteiger partial charge is 0.358 e. The standard InChI is InChI=1S/C16H12ClFN4O3S2/c17-16(6-7-19-11(18)8-16)27-15-12(22(24)25)21-14(26-15)13(23)20-9-10-4-2-1-3-5-10/h1-7H,8-9H2,(H,20,23). The van der Waals surface area contributed by atoms with Crippen molar-refractivity contribution in [1.82, 2.24) is 10.3 Å². The molecule has 0 fully saturated rings. The van der Waals surface area contributed by atoms with Crippen LogP contribution in [0.4, 0.5) is 10.2 Å². The van der Waals surface area contributed by atoms with E-state index in [4.69, 9.17) is 11.6 Å². The second kappa shape index (κ2) is 8.15. The molecule has 1 amide bonds. The van der Waals surface area contributed by atoms with E-state index in [-0.39, 0.29) is 22.2 Å². The van der Waals surface area contributed by atoms with Crippen molar-refractivity contribution in [1.29, 1.82) is 0 Å². The summed E-state index contributed by atoms with van der Waals surface area (Å²) >= 11 is 8.03. The van der Waals surface area contributed by atoms with Gasteiger partial charge in [0.1, 0.15) is 4.21 Å². The average Bonchev–Trinajstić information content (AvgIpc) is 3.04. The number of amides is 1. The summed E-state index contributed by atoms with van der Waals surface area (Å²) in [6.07, 6.45) is 2.43. The number of hydrogen-bond acceptors (Lipinski definition) is 7. The lowest BCUT2D eigenvalue weighted by Crippen LogP contribution is -2.22. The number of aliphatic imine (C=N–C) groups is 1. The van der Waals surface area contributed by atoms with Gasteiger partial charge in [0.2, 0.25) is 0 Å². The van der Waals surface area contributed by atoms with Crippen LogP contribution in [0.15, 0.2) is 51.8 Å². The van der Waals surface area contributed by atoms with Gasteiger partial charge in [-0.3, -0.25) is 4.79 Å². The number of halogens is 2. The first kappa shape index (κ1) is 19.5. The molecule has 2 aromatic rings. The van der Waals surface area contributed by atoms with E-state index in [9.17, 15) is 19.3 Å². The number of carbonyl (C=O) groups is 1. The van der Waals surface area contributed by atoms with Crippen molar-refractivity contribution in [3.63, 3.8) is 0 Å². The third-order valence-electron chi connectivity index (χ3n) is 3.43. The van der Waals surface area contributed by atoms with Gasteiger partial charge in [0.05, 0.1) is 6.42 Å². The summed E-state index contributed by atoms with van der Waals surface area (Å²) in [6.45, 7) is 0.263. The highest BCUT2D eigenvalue weighted by Gasteiger charge is 2.36. The zero-order chi connectivity index (χ0) is 19.4. The Balaban J connectivity index is 1.77. The van der Waals surface area contributed by atoms with E-state index in [0.717, 1.165) is 28.7 Å². The fourth-order valence-electron chi connectivity index (χ4n) is 2.19. The van der Waals surface area contributed by atoms with Crippen LogP contribution in [0.25, 0.3) is 0 Å². The van der Waals surface area contributed by atoms with Gasteiger partial charge in [-0.25, -0.2) is 4.99 Å². The van der Waals surface area contributed by atoms with E-state index < -0.39 is 26.8 Å². The number of nitrogens with one attached hydrogen (secondary N) is 1. The minimum atomic E-state index is -1.26. The monoisotopic (exact) mass is 426 g/mol. The molecule has 1 aliphatic heterocycles. The molecule has 1 N–H and O–H groups in total. The Hall–Kier alpha value is -2.30. The molecule has 27 heavy (non-hydrogen) atoms. The van der Waals surface area contributed by atoms with Gasteiger partial charge in [-0.1, -0.05) is 53.4 Å². The molecule has 3 rings (SSSR count). The fraction of sp³-hybridized carbons (Fsp3) is 0.188. The summed E-state index contributed by atoms with van der Waals surface area (Å²) in [4.78, 5) is 30.2.